The van der Waals surface area contributed by atoms with E-state index in [-0.39, 0.29) is 0 Å². The molecule has 1 fully saturated rings. The van der Waals surface area contributed by atoms with Crippen LogP contribution in [0.15, 0.2) is 67.0 Å². The molecule has 3 heterocycles. The van der Waals surface area contributed by atoms with Gasteiger partial charge in [-0.3, -0.25) is 9.78 Å². The Morgan fingerprint density at radius 2 is 1.97 bits per heavy atom. The van der Waals surface area contributed by atoms with Crippen LogP contribution in [0.25, 0.3) is 28.2 Å². The summed E-state index contributed by atoms with van der Waals surface area (Å²) in [5, 5.41) is 4.70. The number of pyridine rings is 1. The summed E-state index contributed by atoms with van der Waals surface area (Å²) >= 11 is 6.59. The Morgan fingerprint density at radius 3 is 2.77 bits per heavy atom. The number of aromatic nitrogens is 3. The summed E-state index contributed by atoms with van der Waals surface area (Å²) in [5.41, 5.74) is 10.1. The largest absolute Gasteiger partial charge is 0.378 e. The van der Waals surface area contributed by atoms with Crippen molar-refractivity contribution in [1.29, 1.82) is 0 Å². The van der Waals surface area contributed by atoms with Crippen molar-refractivity contribution in [2.45, 2.75) is 0 Å². The highest BCUT2D eigenvalue weighted by molar-refractivity contribution is 6.33. The van der Waals surface area contributed by atoms with E-state index in [0.717, 1.165) is 52.2 Å². The number of hydrogen-bond donors (Lipinski definition) is 2. The maximum absolute atomic E-state index is 11.1. The highest BCUT2D eigenvalue weighted by atomic mass is 35.5. The smallest absolute Gasteiger partial charge is 0.241 e. The molecule has 4 aromatic rings. The first-order valence-corrected chi connectivity index (χ1v) is 11.5. The van der Waals surface area contributed by atoms with E-state index < -0.39 is 5.91 Å². The second-order valence-corrected chi connectivity index (χ2v) is 8.44. The minimum atomic E-state index is -0.506. The third-order valence-electron chi connectivity index (χ3n) is 5.69. The Balaban J connectivity index is 1.45. The predicted molar refractivity (Wildman–Crippen MR) is 139 cm³/mol. The zero-order chi connectivity index (χ0) is 24.2. The molecular weight excluding hydrogens is 464 g/mol. The Morgan fingerprint density at radius 1 is 1.11 bits per heavy atom. The SMILES string of the molecule is NC(=O)C=Cc1ccnc(-c2cccc3cnc(Nc4ccc(N5CCOCC5)cc4Cl)nc23)c1. The van der Waals surface area contributed by atoms with E-state index in [0.29, 0.717) is 24.2 Å². The van der Waals surface area contributed by atoms with Crippen LogP contribution in [0.5, 0.6) is 0 Å². The number of morpholine rings is 1. The summed E-state index contributed by atoms with van der Waals surface area (Å²) in [6, 6.07) is 15.4. The van der Waals surface area contributed by atoms with Gasteiger partial charge in [0.1, 0.15) is 0 Å². The molecule has 0 bridgehead atoms. The summed E-state index contributed by atoms with van der Waals surface area (Å²) < 4.78 is 5.43. The number of carbonyl (C=O) groups is 1. The zero-order valence-electron chi connectivity index (χ0n) is 18.8. The van der Waals surface area contributed by atoms with Crippen LogP contribution in [-0.4, -0.2) is 47.2 Å². The van der Waals surface area contributed by atoms with Crippen molar-refractivity contribution in [1.82, 2.24) is 15.0 Å². The minimum Gasteiger partial charge on any atom is -0.378 e. The monoisotopic (exact) mass is 486 g/mol. The molecule has 1 aliphatic heterocycles. The van der Waals surface area contributed by atoms with E-state index in [1.807, 2.05) is 42.5 Å². The van der Waals surface area contributed by atoms with Crippen LogP contribution in [0.3, 0.4) is 0 Å². The van der Waals surface area contributed by atoms with E-state index in [2.05, 4.69) is 20.2 Å². The van der Waals surface area contributed by atoms with Gasteiger partial charge < -0.3 is 20.7 Å². The fourth-order valence-electron chi connectivity index (χ4n) is 3.94. The molecule has 9 heteroatoms. The first kappa shape index (κ1) is 22.8. The van der Waals surface area contributed by atoms with Crippen molar-refractivity contribution in [3.05, 3.63) is 77.6 Å². The minimum absolute atomic E-state index is 0.427. The number of nitrogens with two attached hydrogens (primary N) is 1. The first-order valence-electron chi connectivity index (χ1n) is 11.2. The number of rotatable bonds is 6. The summed E-state index contributed by atoms with van der Waals surface area (Å²) in [4.78, 5) is 27.1. The second-order valence-electron chi connectivity index (χ2n) is 8.04. The maximum Gasteiger partial charge on any atom is 0.241 e. The van der Waals surface area contributed by atoms with Crippen molar-refractivity contribution in [2.75, 3.05) is 36.5 Å². The van der Waals surface area contributed by atoms with Gasteiger partial charge in [0.15, 0.2) is 0 Å². The standard InChI is InChI=1S/C26H23ClN6O2/c27-21-15-19(33-10-12-35-13-11-33)5-6-22(21)31-26-30-16-18-2-1-3-20(25(18)32-26)23-14-17(8-9-29-23)4-7-24(28)34/h1-9,14-16H,10-13H2,(H2,28,34)(H,30,31,32). The van der Waals surface area contributed by atoms with Gasteiger partial charge in [-0.2, -0.15) is 0 Å². The molecule has 0 spiro atoms. The number of ether oxygens (including phenoxy) is 1. The van der Waals surface area contributed by atoms with Gasteiger partial charge in [-0.05, 0) is 42.0 Å². The number of nitrogens with one attached hydrogen (secondary N) is 1. The maximum atomic E-state index is 11.1. The highest BCUT2D eigenvalue weighted by Crippen LogP contribution is 2.31. The van der Waals surface area contributed by atoms with Gasteiger partial charge in [-0.15, -0.1) is 0 Å². The van der Waals surface area contributed by atoms with Crippen molar-refractivity contribution in [3.8, 4) is 11.3 Å². The molecule has 2 aromatic carbocycles. The van der Waals surface area contributed by atoms with E-state index in [9.17, 15) is 4.79 Å². The number of halogens is 1. The second kappa shape index (κ2) is 10.1. The lowest BCUT2D eigenvalue weighted by Crippen LogP contribution is -2.36. The van der Waals surface area contributed by atoms with E-state index >= 15 is 0 Å². The molecular formula is C26H23ClN6O2. The molecule has 1 saturated heterocycles. The summed E-state index contributed by atoms with van der Waals surface area (Å²) in [5.74, 6) is -0.0793. The number of para-hydroxylation sites is 1. The summed E-state index contributed by atoms with van der Waals surface area (Å²) in [6.45, 7) is 3.11. The number of carbonyl (C=O) groups excluding carboxylic acids is 1. The molecule has 1 aliphatic rings. The van der Waals surface area contributed by atoms with Crippen LogP contribution in [0.2, 0.25) is 5.02 Å². The average molecular weight is 487 g/mol. The summed E-state index contributed by atoms with van der Waals surface area (Å²) in [6.07, 6.45) is 6.43. The Labute approximate surface area is 207 Å². The van der Waals surface area contributed by atoms with Crippen LogP contribution >= 0.6 is 11.6 Å². The van der Waals surface area contributed by atoms with Gasteiger partial charge in [-0.25, -0.2) is 9.97 Å². The topological polar surface area (TPSA) is 106 Å². The number of benzene rings is 2. The molecule has 8 nitrogen and oxygen atoms in total. The number of amides is 1. The molecule has 0 radical (unpaired) electrons. The molecule has 0 saturated carbocycles. The lowest BCUT2D eigenvalue weighted by Gasteiger charge is -2.29. The number of primary amides is 1. The van der Waals surface area contributed by atoms with Gasteiger partial charge in [0.2, 0.25) is 11.9 Å². The van der Waals surface area contributed by atoms with Crippen LogP contribution in [0.1, 0.15) is 5.56 Å². The van der Waals surface area contributed by atoms with Gasteiger partial charge in [0.05, 0.1) is 35.1 Å². The van der Waals surface area contributed by atoms with E-state index in [1.54, 1.807) is 24.5 Å². The lowest BCUT2D eigenvalue weighted by molar-refractivity contribution is -0.113. The number of fused-ring (bicyclic) bond motifs is 1. The average Bonchev–Trinajstić information content (AvgIpc) is 2.89. The molecule has 0 unspecified atom stereocenters. The van der Waals surface area contributed by atoms with Crippen LogP contribution in [-0.2, 0) is 9.53 Å². The molecule has 3 N–H and O–H groups in total. The quantitative estimate of drug-likeness (QED) is 0.388. The summed E-state index contributed by atoms with van der Waals surface area (Å²) in [7, 11) is 0. The molecule has 176 valence electrons. The van der Waals surface area contributed by atoms with Gasteiger partial charge >= 0.3 is 0 Å². The lowest BCUT2D eigenvalue weighted by atomic mass is 10.1. The molecule has 35 heavy (non-hydrogen) atoms. The van der Waals surface area contributed by atoms with E-state index in [1.165, 1.54) is 6.08 Å². The fourth-order valence-corrected chi connectivity index (χ4v) is 4.17. The van der Waals surface area contributed by atoms with Crippen molar-refractivity contribution >= 4 is 51.8 Å². The Kier molecular flexibility index (Phi) is 6.56. The zero-order valence-corrected chi connectivity index (χ0v) is 19.6. The van der Waals surface area contributed by atoms with Crippen molar-refractivity contribution < 1.29 is 9.53 Å². The fraction of sp³-hybridized carbons (Fsp3) is 0.154. The normalized spacial score (nSPS) is 13.9. The molecule has 1 amide bonds. The highest BCUT2D eigenvalue weighted by Gasteiger charge is 2.14. The van der Waals surface area contributed by atoms with Gasteiger partial charge in [0, 0.05) is 48.2 Å². The van der Waals surface area contributed by atoms with Gasteiger partial charge in [-0.1, -0.05) is 29.8 Å². The number of nitrogens with zero attached hydrogens (tertiary/aromatic N) is 4. The molecule has 0 atom stereocenters. The number of hydrogen-bond acceptors (Lipinski definition) is 7. The van der Waals surface area contributed by atoms with Crippen molar-refractivity contribution in [3.63, 3.8) is 0 Å². The van der Waals surface area contributed by atoms with Gasteiger partial charge in [0.25, 0.3) is 0 Å². The third-order valence-corrected chi connectivity index (χ3v) is 6.00. The third kappa shape index (κ3) is 5.24. The van der Waals surface area contributed by atoms with Crippen LogP contribution < -0.4 is 16.0 Å². The predicted octanol–water partition coefficient (Wildman–Crippen LogP) is 4.42. The van der Waals surface area contributed by atoms with Crippen LogP contribution in [0.4, 0.5) is 17.3 Å². The first-order chi connectivity index (χ1) is 17.1. The number of anilines is 3. The van der Waals surface area contributed by atoms with Crippen molar-refractivity contribution in [2.24, 2.45) is 5.73 Å². The molecule has 5 rings (SSSR count). The molecule has 2 aromatic heterocycles. The Bertz CT molecular complexity index is 1420. The Hall–Kier alpha value is -4.01. The molecule has 0 aliphatic carbocycles. The van der Waals surface area contributed by atoms with Crippen LogP contribution in [0, 0.1) is 0 Å². The van der Waals surface area contributed by atoms with E-state index in [4.69, 9.17) is 27.1 Å².